The molecule has 194 valence electrons. The summed E-state index contributed by atoms with van der Waals surface area (Å²) < 4.78 is 37.2. The first-order valence-electron chi connectivity index (χ1n) is 11.9. The number of piperazine rings is 1. The number of rotatable bonds is 6. The number of ether oxygens (including phenoxy) is 4. The molecule has 1 amide bonds. The molecule has 0 spiro atoms. The van der Waals surface area contributed by atoms with Crippen molar-refractivity contribution in [2.24, 2.45) is 0 Å². The van der Waals surface area contributed by atoms with Crippen LogP contribution < -0.4 is 29.2 Å². The van der Waals surface area contributed by atoms with E-state index < -0.39 is 5.82 Å². The number of fused-ring (bicyclic) bond motifs is 1. The third-order valence-corrected chi connectivity index (χ3v) is 6.37. The average molecular weight is 510 g/mol. The van der Waals surface area contributed by atoms with Crippen LogP contribution in [0.1, 0.15) is 6.92 Å². The van der Waals surface area contributed by atoms with Gasteiger partial charge in [0.25, 0.3) is 0 Å². The molecule has 0 aliphatic carbocycles. The van der Waals surface area contributed by atoms with E-state index in [0.29, 0.717) is 73.6 Å². The molecule has 1 aromatic heterocycles. The number of carbonyl (C=O) groups excluding carboxylic acids is 1. The number of hydrogen-bond acceptors (Lipinski definition) is 9. The van der Waals surface area contributed by atoms with Crippen molar-refractivity contribution in [2.45, 2.75) is 6.92 Å². The van der Waals surface area contributed by atoms with E-state index in [0.717, 1.165) is 11.9 Å². The summed E-state index contributed by atoms with van der Waals surface area (Å²) in [7, 11) is 3.16. The van der Waals surface area contributed by atoms with Crippen LogP contribution in [0, 0.1) is 5.82 Å². The first-order valence-corrected chi connectivity index (χ1v) is 11.9. The minimum absolute atomic E-state index is 0.0682. The van der Waals surface area contributed by atoms with E-state index in [2.05, 4.69) is 20.2 Å². The van der Waals surface area contributed by atoms with E-state index in [1.165, 1.54) is 0 Å². The summed E-state index contributed by atoms with van der Waals surface area (Å²) in [6.45, 7) is 5.09. The highest BCUT2D eigenvalue weighted by atomic mass is 19.1. The van der Waals surface area contributed by atoms with E-state index in [4.69, 9.17) is 18.9 Å². The Morgan fingerprint density at radius 2 is 1.73 bits per heavy atom. The Kier molecular flexibility index (Phi) is 6.85. The van der Waals surface area contributed by atoms with Crippen LogP contribution in [0.5, 0.6) is 23.0 Å². The van der Waals surface area contributed by atoms with Gasteiger partial charge >= 0.3 is 0 Å². The lowest BCUT2D eigenvalue weighted by molar-refractivity contribution is -0.129. The summed E-state index contributed by atoms with van der Waals surface area (Å²) in [6, 6.07) is 8.83. The maximum atomic E-state index is 14.7. The number of hydrogen-bond donors (Lipinski definition) is 1. The van der Waals surface area contributed by atoms with Crippen LogP contribution in [-0.2, 0) is 4.79 Å². The Balaban J connectivity index is 1.42. The number of methoxy groups -OCH3 is 2. The average Bonchev–Trinajstić information content (AvgIpc) is 2.93. The molecule has 2 aliphatic rings. The van der Waals surface area contributed by atoms with Crippen molar-refractivity contribution in [3.63, 3.8) is 0 Å². The molecule has 1 fully saturated rings. The topological polar surface area (TPSA) is 98.3 Å². The summed E-state index contributed by atoms with van der Waals surface area (Å²) in [5, 5.41) is 3.13. The van der Waals surface area contributed by atoms with Crippen LogP contribution in [0.4, 0.5) is 21.7 Å². The zero-order chi connectivity index (χ0) is 25.9. The van der Waals surface area contributed by atoms with Crippen LogP contribution in [0.25, 0.3) is 11.3 Å². The highest BCUT2D eigenvalue weighted by Gasteiger charge is 2.23. The minimum atomic E-state index is -0.563. The number of nitrogens with one attached hydrogen (secondary N) is 1. The van der Waals surface area contributed by atoms with Gasteiger partial charge in [-0.25, -0.2) is 14.4 Å². The van der Waals surface area contributed by atoms with Gasteiger partial charge in [0, 0.05) is 50.8 Å². The van der Waals surface area contributed by atoms with Crippen molar-refractivity contribution in [2.75, 3.05) is 63.8 Å². The van der Waals surface area contributed by atoms with Gasteiger partial charge in [-0.05, 0) is 18.2 Å². The number of aromatic nitrogens is 2. The van der Waals surface area contributed by atoms with Crippen LogP contribution in [0.2, 0.25) is 0 Å². The lowest BCUT2D eigenvalue weighted by Crippen LogP contribution is -2.48. The first kappa shape index (κ1) is 24.4. The van der Waals surface area contributed by atoms with E-state index in [1.807, 2.05) is 11.0 Å². The molecule has 0 radical (unpaired) electrons. The largest absolute Gasteiger partial charge is 0.494 e. The highest BCUT2D eigenvalue weighted by molar-refractivity contribution is 5.76. The van der Waals surface area contributed by atoms with Crippen LogP contribution >= 0.6 is 0 Å². The molecule has 3 aromatic rings. The summed E-state index contributed by atoms with van der Waals surface area (Å²) in [5.41, 5.74) is 2.08. The molecular formula is C26H28FN5O5. The molecular weight excluding hydrogens is 481 g/mol. The molecule has 10 nitrogen and oxygen atoms in total. The van der Waals surface area contributed by atoms with Gasteiger partial charge in [0.2, 0.25) is 11.9 Å². The van der Waals surface area contributed by atoms with Crippen LogP contribution in [0.3, 0.4) is 0 Å². The number of carbonyl (C=O) groups is 1. The molecule has 1 N–H and O–H groups in total. The fourth-order valence-electron chi connectivity index (χ4n) is 4.43. The molecule has 5 rings (SSSR count). The number of benzene rings is 2. The van der Waals surface area contributed by atoms with Gasteiger partial charge in [0.1, 0.15) is 30.4 Å². The molecule has 1 saturated heterocycles. The van der Waals surface area contributed by atoms with Crippen molar-refractivity contribution < 1.29 is 28.1 Å². The first-order chi connectivity index (χ1) is 18.0. The Bertz CT molecular complexity index is 1310. The van der Waals surface area contributed by atoms with Gasteiger partial charge in [0.05, 0.1) is 31.8 Å². The quantitative estimate of drug-likeness (QED) is 0.536. The van der Waals surface area contributed by atoms with Crippen molar-refractivity contribution >= 4 is 23.2 Å². The Labute approximate surface area is 213 Å². The Hall–Kier alpha value is -4.28. The zero-order valence-corrected chi connectivity index (χ0v) is 20.9. The van der Waals surface area contributed by atoms with E-state index in [9.17, 15) is 9.18 Å². The SMILES string of the molecule is COc1cc(N2CCN(C(C)=O)CC2)c(OC)cc1Nc1ncc(F)c(-c2ccc3c(c2)OCCO3)n1. The van der Waals surface area contributed by atoms with Gasteiger partial charge in [0.15, 0.2) is 17.3 Å². The van der Waals surface area contributed by atoms with Crippen LogP contribution in [-0.4, -0.2) is 74.4 Å². The maximum Gasteiger partial charge on any atom is 0.228 e. The normalized spacial score (nSPS) is 14.8. The molecule has 2 aromatic carbocycles. The molecule has 11 heteroatoms. The second-order valence-electron chi connectivity index (χ2n) is 8.59. The van der Waals surface area contributed by atoms with E-state index >= 15 is 0 Å². The molecule has 0 atom stereocenters. The minimum Gasteiger partial charge on any atom is -0.494 e. The van der Waals surface area contributed by atoms with Crippen molar-refractivity contribution in [1.82, 2.24) is 14.9 Å². The third-order valence-electron chi connectivity index (χ3n) is 6.37. The predicted octanol–water partition coefficient (Wildman–Crippen LogP) is 3.48. The van der Waals surface area contributed by atoms with Crippen molar-refractivity contribution in [3.05, 3.63) is 42.3 Å². The van der Waals surface area contributed by atoms with Crippen molar-refractivity contribution in [3.8, 4) is 34.3 Å². The fourth-order valence-corrected chi connectivity index (χ4v) is 4.43. The maximum absolute atomic E-state index is 14.7. The third kappa shape index (κ3) is 5.02. The second-order valence-corrected chi connectivity index (χ2v) is 8.59. The summed E-state index contributed by atoms with van der Waals surface area (Å²) in [4.78, 5) is 24.2. The number of amides is 1. The smallest absolute Gasteiger partial charge is 0.228 e. The second kappa shape index (κ2) is 10.4. The molecule has 0 unspecified atom stereocenters. The molecule has 2 aliphatic heterocycles. The molecule has 3 heterocycles. The zero-order valence-electron chi connectivity index (χ0n) is 20.9. The van der Waals surface area contributed by atoms with Gasteiger partial charge in [-0.2, -0.15) is 0 Å². The molecule has 0 bridgehead atoms. The number of anilines is 3. The van der Waals surface area contributed by atoms with Gasteiger partial charge in [-0.3, -0.25) is 4.79 Å². The monoisotopic (exact) mass is 509 g/mol. The lowest BCUT2D eigenvalue weighted by atomic mass is 10.1. The van der Waals surface area contributed by atoms with Gasteiger partial charge in [-0.1, -0.05) is 0 Å². The summed E-state index contributed by atoms with van der Waals surface area (Å²) >= 11 is 0. The van der Waals surface area contributed by atoms with Gasteiger partial charge < -0.3 is 34.1 Å². The van der Waals surface area contributed by atoms with Crippen molar-refractivity contribution in [1.29, 1.82) is 0 Å². The molecule has 37 heavy (non-hydrogen) atoms. The van der Waals surface area contributed by atoms with Gasteiger partial charge in [-0.15, -0.1) is 0 Å². The number of halogens is 1. The fraction of sp³-hybridized carbons (Fsp3) is 0.346. The summed E-state index contributed by atoms with van der Waals surface area (Å²) in [5.74, 6) is 2.01. The highest BCUT2D eigenvalue weighted by Crippen LogP contribution is 2.40. The Morgan fingerprint density at radius 3 is 2.43 bits per heavy atom. The Morgan fingerprint density at radius 1 is 1.00 bits per heavy atom. The van der Waals surface area contributed by atoms with E-state index in [-0.39, 0.29) is 17.5 Å². The summed E-state index contributed by atoms with van der Waals surface area (Å²) in [6.07, 6.45) is 1.12. The van der Waals surface area contributed by atoms with Crippen LogP contribution in [0.15, 0.2) is 36.5 Å². The standard InChI is InChI=1S/C26H28FN5O5/c1-16(33)31-6-8-32(9-7-31)20-14-22(34-2)19(13-23(20)35-3)29-26-28-15-18(27)25(30-26)17-4-5-21-24(12-17)37-11-10-36-21/h4-5,12-15H,6-11H2,1-3H3,(H,28,29,30). The molecule has 0 saturated carbocycles. The predicted molar refractivity (Wildman–Crippen MR) is 136 cm³/mol. The number of nitrogens with zero attached hydrogens (tertiary/aromatic N) is 4. The lowest BCUT2D eigenvalue weighted by Gasteiger charge is -2.36. The van der Waals surface area contributed by atoms with E-state index in [1.54, 1.807) is 45.4 Å².